The van der Waals surface area contributed by atoms with E-state index < -0.39 is 0 Å². The number of ether oxygens (including phenoxy) is 1. The number of nitrogen functional groups attached to an aromatic ring is 1. The minimum atomic E-state index is 0.639. The lowest BCUT2D eigenvalue weighted by Crippen LogP contribution is -1.99. The maximum atomic E-state index is 6.07. The third kappa shape index (κ3) is 3.86. The van der Waals surface area contributed by atoms with Gasteiger partial charge in [0.1, 0.15) is 5.75 Å². The average molecular weight is 280 g/mol. The van der Waals surface area contributed by atoms with Gasteiger partial charge < -0.3 is 10.5 Å². The summed E-state index contributed by atoms with van der Waals surface area (Å²) in [6, 6.07) is 15.3. The van der Waals surface area contributed by atoms with Crippen LogP contribution in [0.1, 0.15) is 0 Å². The topological polar surface area (TPSA) is 35.2 Å². The number of benzene rings is 2. The summed E-state index contributed by atoms with van der Waals surface area (Å²) < 4.78 is 5.60. The highest BCUT2D eigenvalue weighted by Gasteiger charge is 2.01. The highest BCUT2D eigenvalue weighted by Crippen LogP contribution is 2.28. The minimum absolute atomic E-state index is 0.639. The molecule has 4 heteroatoms. The van der Waals surface area contributed by atoms with E-state index >= 15 is 0 Å². The van der Waals surface area contributed by atoms with E-state index in [1.807, 2.05) is 42.5 Å². The Hall–Kier alpha value is -1.32. The third-order valence-electron chi connectivity index (χ3n) is 2.31. The van der Waals surface area contributed by atoms with E-state index in [0.29, 0.717) is 6.61 Å². The number of para-hydroxylation sites is 1. The molecule has 2 rings (SSSR count). The lowest BCUT2D eigenvalue weighted by molar-refractivity contribution is 0.344. The fraction of sp³-hybridized carbons (Fsp3) is 0.143. The summed E-state index contributed by atoms with van der Waals surface area (Å²) in [6.45, 7) is 0.639. The Morgan fingerprint density at radius 1 is 1.11 bits per heavy atom. The van der Waals surface area contributed by atoms with E-state index in [4.69, 9.17) is 22.1 Å². The maximum Gasteiger partial charge on any atom is 0.119 e. The second-order valence-electron chi connectivity index (χ2n) is 3.70. The number of hydrogen-bond acceptors (Lipinski definition) is 3. The van der Waals surface area contributed by atoms with Crippen LogP contribution in [0.3, 0.4) is 0 Å². The number of rotatable bonds is 5. The summed E-state index contributed by atoms with van der Waals surface area (Å²) in [6.07, 6.45) is 0. The van der Waals surface area contributed by atoms with Crippen LogP contribution in [0, 0.1) is 0 Å². The molecular weight excluding hydrogens is 266 g/mol. The molecule has 0 bridgehead atoms. The molecule has 0 aliphatic heterocycles. The SMILES string of the molecule is Nc1ccc(Cl)c(SCCOc2ccccc2)c1. The minimum Gasteiger partial charge on any atom is -0.493 e. The molecule has 0 aliphatic carbocycles. The van der Waals surface area contributed by atoms with Crippen LogP contribution in [0.2, 0.25) is 5.02 Å². The molecule has 0 spiro atoms. The van der Waals surface area contributed by atoms with Gasteiger partial charge in [0, 0.05) is 16.3 Å². The first-order valence-corrected chi connectivity index (χ1v) is 6.98. The number of hydrogen-bond donors (Lipinski definition) is 1. The van der Waals surface area contributed by atoms with Gasteiger partial charge in [-0.25, -0.2) is 0 Å². The zero-order chi connectivity index (χ0) is 12.8. The van der Waals surface area contributed by atoms with E-state index in [1.54, 1.807) is 17.8 Å². The summed E-state index contributed by atoms with van der Waals surface area (Å²) in [7, 11) is 0. The van der Waals surface area contributed by atoms with Crippen LogP contribution in [0.25, 0.3) is 0 Å². The van der Waals surface area contributed by atoms with Gasteiger partial charge in [-0.1, -0.05) is 29.8 Å². The molecule has 0 unspecified atom stereocenters. The normalized spacial score (nSPS) is 10.3. The molecule has 18 heavy (non-hydrogen) atoms. The fourth-order valence-corrected chi connectivity index (χ4v) is 2.55. The Morgan fingerprint density at radius 2 is 1.89 bits per heavy atom. The molecule has 0 aliphatic rings. The van der Waals surface area contributed by atoms with Crippen LogP contribution in [0.5, 0.6) is 5.75 Å². The Kier molecular flexibility index (Phi) is 4.79. The predicted octanol–water partition coefficient (Wildman–Crippen LogP) is 4.09. The molecular formula is C14H14ClNOS. The van der Waals surface area contributed by atoms with Crippen molar-refractivity contribution in [3.05, 3.63) is 53.6 Å². The largest absolute Gasteiger partial charge is 0.493 e. The second kappa shape index (κ2) is 6.57. The molecule has 2 aromatic carbocycles. The first-order chi connectivity index (χ1) is 8.75. The smallest absolute Gasteiger partial charge is 0.119 e. The molecule has 2 nitrogen and oxygen atoms in total. The Balaban J connectivity index is 1.80. The number of nitrogens with two attached hydrogens (primary N) is 1. The van der Waals surface area contributed by atoms with Crippen LogP contribution in [-0.4, -0.2) is 12.4 Å². The molecule has 0 fully saturated rings. The summed E-state index contributed by atoms with van der Waals surface area (Å²) >= 11 is 7.72. The number of anilines is 1. The molecule has 0 radical (unpaired) electrons. The molecule has 0 saturated carbocycles. The van der Waals surface area contributed by atoms with Crippen LogP contribution in [0.4, 0.5) is 5.69 Å². The average Bonchev–Trinajstić information content (AvgIpc) is 2.40. The summed E-state index contributed by atoms with van der Waals surface area (Å²) in [4.78, 5) is 0.994. The first-order valence-electron chi connectivity index (χ1n) is 5.61. The zero-order valence-electron chi connectivity index (χ0n) is 9.80. The van der Waals surface area contributed by atoms with E-state index in [1.165, 1.54) is 0 Å². The fourth-order valence-electron chi connectivity index (χ4n) is 1.46. The van der Waals surface area contributed by atoms with Gasteiger partial charge in [-0.3, -0.25) is 0 Å². The Bertz CT molecular complexity index is 504. The van der Waals surface area contributed by atoms with Crippen molar-refractivity contribution in [3.8, 4) is 5.75 Å². The molecule has 0 heterocycles. The quantitative estimate of drug-likeness (QED) is 0.509. The van der Waals surface area contributed by atoms with E-state index in [0.717, 1.165) is 27.1 Å². The number of thioether (sulfide) groups is 1. The maximum absolute atomic E-state index is 6.07. The highest BCUT2D eigenvalue weighted by atomic mass is 35.5. The van der Waals surface area contributed by atoms with Crippen molar-refractivity contribution in [2.75, 3.05) is 18.1 Å². The molecule has 0 saturated heterocycles. The van der Waals surface area contributed by atoms with Crippen LogP contribution in [0.15, 0.2) is 53.4 Å². The Labute approximate surface area is 116 Å². The molecule has 0 amide bonds. The first kappa shape index (κ1) is 13.1. The lowest BCUT2D eigenvalue weighted by Gasteiger charge is -2.07. The van der Waals surface area contributed by atoms with E-state index in [-0.39, 0.29) is 0 Å². The predicted molar refractivity (Wildman–Crippen MR) is 78.5 cm³/mol. The summed E-state index contributed by atoms with van der Waals surface area (Å²) in [5.41, 5.74) is 6.45. The van der Waals surface area contributed by atoms with Crippen molar-refractivity contribution >= 4 is 29.1 Å². The van der Waals surface area contributed by atoms with Gasteiger partial charge in [-0.15, -0.1) is 11.8 Å². The third-order valence-corrected chi connectivity index (χ3v) is 3.77. The zero-order valence-corrected chi connectivity index (χ0v) is 11.4. The van der Waals surface area contributed by atoms with Gasteiger partial charge in [-0.05, 0) is 30.3 Å². The van der Waals surface area contributed by atoms with Crippen molar-refractivity contribution < 1.29 is 4.74 Å². The van der Waals surface area contributed by atoms with E-state index in [9.17, 15) is 0 Å². The van der Waals surface area contributed by atoms with Gasteiger partial charge >= 0.3 is 0 Å². The molecule has 94 valence electrons. The molecule has 0 atom stereocenters. The van der Waals surface area contributed by atoms with Gasteiger partial charge in [0.25, 0.3) is 0 Å². The van der Waals surface area contributed by atoms with Crippen molar-refractivity contribution in [1.29, 1.82) is 0 Å². The summed E-state index contributed by atoms with van der Waals surface area (Å²) in [5, 5.41) is 0.730. The van der Waals surface area contributed by atoms with Gasteiger partial charge in [0.05, 0.1) is 11.6 Å². The Morgan fingerprint density at radius 3 is 2.67 bits per heavy atom. The monoisotopic (exact) mass is 279 g/mol. The summed E-state index contributed by atoms with van der Waals surface area (Å²) in [5.74, 6) is 1.72. The van der Waals surface area contributed by atoms with Crippen LogP contribution < -0.4 is 10.5 Å². The molecule has 0 aromatic heterocycles. The molecule has 2 aromatic rings. The lowest BCUT2D eigenvalue weighted by atomic mass is 10.3. The van der Waals surface area contributed by atoms with Crippen molar-refractivity contribution in [3.63, 3.8) is 0 Å². The van der Waals surface area contributed by atoms with Gasteiger partial charge in [0.15, 0.2) is 0 Å². The second-order valence-corrected chi connectivity index (χ2v) is 5.24. The van der Waals surface area contributed by atoms with Crippen LogP contribution in [-0.2, 0) is 0 Å². The standard InChI is InChI=1S/C14H14ClNOS/c15-13-7-6-11(16)10-14(13)18-9-8-17-12-4-2-1-3-5-12/h1-7,10H,8-9,16H2. The van der Waals surface area contributed by atoms with Crippen molar-refractivity contribution in [2.45, 2.75) is 4.90 Å². The van der Waals surface area contributed by atoms with Crippen molar-refractivity contribution in [2.24, 2.45) is 0 Å². The number of halogens is 1. The molecule has 2 N–H and O–H groups in total. The highest BCUT2D eigenvalue weighted by molar-refractivity contribution is 7.99. The van der Waals surface area contributed by atoms with Gasteiger partial charge in [0.2, 0.25) is 0 Å². The van der Waals surface area contributed by atoms with Gasteiger partial charge in [-0.2, -0.15) is 0 Å². The van der Waals surface area contributed by atoms with Crippen molar-refractivity contribution in [1.82, 2.24) is 0 Å². The van der Waals surface area contributed by atoms with Crippen LogP contribution >= 0.6 is 23.4 Å². The van der Waals surface area contributed by atoms with E-state index in [2.05, 4.69) is 0 Å².